The third-order valence-electron chi connectivity index (χ3n) is 4.75. The molecule has 1 unspecified atom stereocenters. The molecule has 0 saturated heterocycles. The van der Waals surface area contributed by atoms with Gasteiger partial charge in [-0.15, -0.1) is 9.24 Å². The van der Waals surface area contributed by atoms with Crippen molar-refractivity contribution >= 4 is 30.5 Å². The zero-order valence-electron chi connectivity index (χ0n) is 15.0. The van der Waals surface area contributed by atoms with Gasteiger partial charge < -0.3 is 0 Å². The fraction of sp³-hybridized carbons (Fsp3) is 0.400. The molecule has 0 amide bonds. The normalized spacial score (nSPS) is 20.9. The average molecular weight is 444 g/mol. The quantitative estimate of drug-likeness (QED) is 0.580. The number of nitrogens with zero attached hydrogens (tertiary/aromatic N) is 1. The van der Waals surface area contributed by atoms with Gasteiger partial charge in [0.25, 0.3) is 0 Å². The first-order valence-corrected chi connectivity index (χ1v) is 9.91. The minimum absolute atomic E-state index is 0.0262. The molecule has 6 heteroatoms. The van der Waals surface area contributed by atoms with Gasteiger partial charge in [-0.25, -0.2) is 13.2 Å². The van der Waals surface area contributed by atoms with Crippen molar-refractivity contribution in [1.82, 2.24) is 4.90 Å². The molecule has 3 atom stereocenters. The van der Waals surface area contributed by atoms with Gasteiger partial charge in [-0.3, -0.25) is 4.90 Å². The first kappa shape index (κ1) is 19.9. The highest BCUT2D eigenvalue weighted by Crippen LogP contribution is 2.41. The van der Waals surface area contributed by atoms with Crippen molar-refractivity contribution < 1.29 is 13.2 Å². The lowest BCUT2D eigenvalue weighted by Crippen LogP contribution is -2.48. The van der Waals surface area contributed by atoms with Crippen LogP contribution in [0.4, 0.5) is 13.2 Å². The number of rotatable bonds is 3. The molecular weight excluding hydrogens is 422 g/mol. The third-order valence-corrected chi connectivity index (χ3v) is 5.57. The fourth-order valence-electron chi connectivity index (χ4n) is 3.76. The second-order valence-electron chi connectivity index (χ2n) is 7.59. The van der Waals surface area contributed by atoms with Gasteiger partial charge in [-0.05, 0) is 55.8 Å². The van der Waals surface area contributed by atoms with Crippen molar-refractivity contribution in [3.63, 3.8) is 0 Å². The standard InChI is InChI=1S/C20H22BrF3NP/c1-11-6-12-7-14(26)4-5-15(12)19(25(11)10-20(2,3)24)18-16(22)8-13(21)9-17(18)23/h4-5,7-9,11,19H,6,10,26H2,1-3H3/t11-,19+/m1/s1. The zero-order chi connectivity index (χ0) is 19.2. The van der Waals surface area contributed by atoms with E-state index in [1.165, 1.54) is 26.0 Å². The van der Waals surface area contributed by atoms with Crippen LogP contribution in [0.5, 0.6) is 0 Å². The molecule has 1 heterocycles. The van der Waals surface area contributed by atoms with Crippen LogP contribution in [0.3, 0.4) is 0 Å². The molecule has 26 heavy (non-hydrogen) atoms. The van der Waals surface area contributed by atoms with Gasteiger partial charge in [0.05, 0.1) is 6.04 Å². The first-order chi connectivity index (χ1) is 12.1. The van der Waals surface area contributed by atoms with E-state index in [0.717, 1.165) is 16.4 Å². The van der Waals surface area contributed by atoms with Gasteiger partial charge in [-0.2, -0.15) is 0 Å². The van der Waals surface area contributed by atoms with E-state index in [-0.39, 0.29) is 18.2 Å². The zero-order valence-corrected chi connectivity index (χ0v) is 17.7. The van der Waals surface area contributed by atoms with Crippen LogP contribution in [0.1, 0.15) is 43.5 Å². The Morgan fingerprint density at radius 2 is 1.81 bits per heavy atom. The molecule has 1 aliphatic heterocycles. The SMILES string of the molecule is C[C@@H]1Cc2cc(P)ccc2[C@@H](c2c(F)cc(Br)cc2F)N1CC(C)(C)F. The summed E-state index contributed by atoms with van der Waals surface area (Å²) in [6.07, 6.45) is 0.712. The molecule has 140 valence electrons. The Labute approximate surface area is 163 Å². The Morgan fingerprint density at radius 1 is 1.19 bits per heavy atom. The van der Waals surface area contributed by atoms with Crippen LogP contribution in [0.15, 0.2) is 34.8 Å². The molecule has 2 aromatic carbocycles. The minimum Gasteiger partial charge on any atom is -0.286 e. The number of halogens is 4. The maximum absolute atomic E-state index is 14.8. The van der Waals surface area contributed by atoms with Crippen molar-refractivity contribution in [3.8, 4) is 0 Å². The molecule has 0 radical (unpaired) electrons. The van der Waals surface area contributed by atoms with Crippen molar-refractivity contribution in [2.24, 2.45) is 0 Å². The lowest BCUT2D eigenvalue weighted by Gasteiger charge is -2.44. The highest BCUT2D eigenvalue weighted by Gasteiger charge is 2.39. The largest absolute Gasteiger partial charge is 0.286 e. The summed E-state index contributed by atoms with van der Waals surface area (Å²) in [4.78, 5) is 1.88. The summed E-state index contributed by atoms with van der Waals surface area (Å²) >= 11 is 3.13. The molecule has 1 nitrogen and oxygen atoms in total. The number of hydrogen-bond donors (Lipinski definition) is 0. The molecule has 1 aliphatic rings. The van der Waals surface area contributed by atoms with Gasteiger partial charge in [0.1, 0.15) is 17.3 Å². The summed E-state index contributed by atoms with van der Waals surface area (Å²) in [5.41, 5.74) is 0.373. The average Bonchev–Trinajstić information content (AvgIpc) is 2.47. The fourth-order valence-corrected chi connectivity index (χ4v) is 4.45. The van der Waals surface area contributed by atoms with E-state index in [1.807, 2.05) is 30.0 Å². The van der Waals surface area contributed by atoms with Gasteiger partial charge in [0, 0.05) is 22.6 Å². The first-order valence-electron chi connectivity index (χ1n) is 8.54. The highest BCUT2D eigenvalue weighted by atomic mass is 79.9. The van der Waals surface area contributed by atoms with Crippen molar-refractivity contribution in [2.45, 2.75) is 44.9 Å². The highest BCUT2D eigenvalue weighted by molar-refractivity contribution is 9.10. The minimum atomic E-state index is -1.48. The molecule has 0 saturated carbocycles. The molecular formula is C20H22BrF3NP. The molecule has 0 N–H and O–H groups in total. The van der Waals surface area contributed by atoms with Crippen LogP contribution >= 0.6 is 25.2 Å². The Balaban J connectivity index is 2.22. The summed E-state index contributed by atoms with van der Waals surface area (Å²) in [6, 6.07) is 7.64. The molecule has 3 rings (SSSR count). The summed E-state index contributed by atoms with van der Waals surface area (Å²) in [5.74, 6) is -1.25. The second-order valence-corrected chi connectivity index (χ2v) is 9.17. The summed E-state index contributed by atoms with van der Waals surface area (Å²) < 4.78 is 44.5. The van der Waals surface area contributed by atoms with Crippen LogP contribution in [0.2, 0.25) is 0 Å². The number of hydrogen-bond acceptors (Lipinski definition) is 1. The van der Waals surface area contributed by atoms with Crippen LogP contribution in [0, 0.1) is 11.6 Å². The third kappa shape index (κ3) is 4.00. The van der Waals surface area contributed by atoms with Crippen molar-refractivity contribution in [3.05, 3.63) is 63.1 Å². The van der Waals surface area contributed by atoms with Crippen LogP contribution in [-0.2, 0) is 6.42 Å². The molecule has 0 aromatic heterocycles. The Morgan fingerprint density at radius 3 is 2.38 bits per heavy atom. The lowest BCUT2D eigenvalue weighted by atomic mass is 9.84. The van der Waals surface area contributed by atoms with Crippen LogP contribution in [-0.4, -0.2) is 23.2 Å². The summed E-state index contributed by atoms with van der Waals surface area (Å²) in [6.45, 7) is 5.06. The van der Waals surface area contributed by atoms with E-state index in [1.54, 1.807) is 0 Å². The van der Waals surface area contributed by atoms with E-state index in [9.17, 15) is 13.2 Å². The predicted octanol–water partition coefficient (Wildman–Crippen LogP) is 5.31. The number of benzene rings is 2. The molecule has 0 fully saturated rings. The topological polar surface area (TPSA) is 3.24 Å². The van der Waals surface area contributed by atoms with Gasteiger partial charge in [0.15, 0.2) is 0 Å². The van der Waals surface area contributed by atoms with E-state index in [0.29, 0.717) is 10.9 Å². The molecule has 0 spiro atoms. The Bertz CT molecular complexity index is 811. The smallest absolute Gasteiger partial charge is 0.132 e. The maximum Gasteiger partial charge on any atom is 0.132 e. The number of alkyl halides is 1. The van der Waals surface area contributed by atoms with E-state index in [2.05, 4.69) is 25.2 Å². The van der Waals surface area contributed by atoms with Crippen molar-refractivity contribution in [1.29, 1.82) is 0 Å². The monoisotopic (exact) mass is 443 g/mol. The van der Waals surface area contributed by atoms with Gasteiger partial charge in [0.2, 0.25) is 0 Å². The second kappa shape index (κ2) is 7.26. The van der Waals surface area contributed by atoms with Crippen LogP contribution in [0.25, 0.3) is 0 Å². The summed E-state index contributed by atoms with van der Waals surface area (Å²) in [7, 11) is 2.65. The van der Waals surface area contributed by atoms with E-state index in [4.69, 9.17) is 0 Å². The van der Waals surface area contributed by atoms with Gasteiger partial charge in [-0.1, -0.05) is 34.1 Å². The van der Waals surface area contributed by atoms with E-state index < -0.39 is 23.3 Å². The molecule has 0 aliphatic carbocycles. The van der Waals surface area contributed by atoms with E-state index >= 15 is 0 Å². The molecule has 2 aromatic rings. The van der Waals surface area contributed by atoms with Crippen molar-refractivity contribution in [2.75, 3.05) is 6.54 Å². The number of fused-ring (bicyclic) bond motifs is 1. The Kier molecular flexibility index (Phi) is 5.54. The lowest BCUT2D eigenvalue weighted by molar-refractivity contribution is 0.0653. The van der Waals surface area contributed by atoms with Gasteiger partial charge >= 0.3 is 0 Å². The summed E-state index contributed by atoms with van der Waals surface area (Å²) in [5, 5.41) is 1.02. The Hall–Kier alpha value is -0.900. The van der Waals surface area contributed by atoms with Crippen LogP contribution < -0.4 is 5.30 Å². The maximum atomic E-state index is 14.8. The molecule has 0 bridgehead atoms. The predicted molar refractivity (Wildman–Crippen MR) is 107 cm³/mol.